The average molecular weight is 523 g/mol. The molecule has 0 radical (unpaired) electrons. The largest absolute Gasteiger partial charge is 0.459 e. The van der Waals surface area contributed by atoms with E-state index >= 15 is 0 Å². The van der Waals surface area contributed by atoms with Crippen LogP contribution in [0.15, 0.2) is 81.3 Å². The highest BCUT2D eigenvalue weighted by Crippen LogP contribution is 2.32. The highest BCUT2D eigenvalue weighted by molar-refractivity contribution is 7.91. The van der Waals surface area contributed by atoms with Gasteiger partial charge in [-0.2, -0.15) is 4.52 Å². The fourth-order valence-corrected chi connectivity index (χ4v) is 5.78. The Hall–Kier alpha value is -3.96. The van der Waals surface area contributed by atoms with E-state index in [-0.39, 0.29) is 21.5 Å². The Labute approximate surface area is 210 Å². The minimum Gasteiger partial charge on any atom is -0.459 e. The molecule has 10 nitrogen and oxygen atoms in total. The summed E-state index contributed by atoms with van der Waals surface area (Å²) in [6, 6.07) is 16.6. The van der Waals surface area contributed by atoms with Crippen molar-refractivity contribution in [1.29, 1.82) is 0 Å². The number of carbonyl (C=O) groups excluding carboxylic acids is 1. The number of carbonyl (C=O) groups is 1. The van der Waals surface area contributed by atoms with Gasteiger partial charge in [0, 0.05) is 36.6 Å². The van der Waals surface area contributed by atoms with Gasteiger partial charge >= 0.3 is 0 Å². The molecule has 6 rings (SSSR count). The molecule has 1 fully saturated rings. The van der Waals surface area contributed by atoms with Crippen LogP contribution in [0, 0.1) is 0 Å². The van der Waals surface area contributed by atoms with Crippen LogP contribution in [0.2, 0.25) is 5.02 Å². The topological polar surface area (TPSA) is 114 Å². The summed E-state index contributed by atoms with van der Waals surface area (Å²) in [5, 5.41) is 9.12. The van der Waals surface area contributed by atoms with Gasteiger partial charge in [-0.25, -0.2) is 13.4 Å². The predicted molar refractivity (Wildman–Crippen MR) is 132 cm³/mol. The number of hydrogen-bond donors (Lipinski definition) is 0. The number of piperazine rings is 1. The molecule has 1 saturated heterocycles. The Bertz CT molecular complexity index is 1700. The van der Waals surface area contributed by atoms with Crippen LogP contribution >= 0.6 is 11.6 Å². The third-order valence-electron chi connectivity index (χ3n) is 6.16. The fraction of sp³-hybridized carbons (Fsp3) is 0.167. The molecule has 0 unspecified atom stereocenters. The number of halogens is 1. The SMILES string of the molecule is O=C(c1ccco1)N1CCN(c2nc3c(S(=O)(=O)c4ccccc4)nnn3c3ccc(Cl)cc23)CC1. The molecule has 2 aromatic carbocycles. The summed E-state index contributed by atoms with van der Waals surface area (Å²) in [6.45, 7) is 1.86. The summed E-state index contributed by atoms with van der Waals surface area (Å²) in [7, 11) is -3.96. The van der Waals surface area contributed by atoms with E-state index in [0.29, 0.717) is 53.7 Å². The number of aromatic nitrogens is 4. The summed E-state index contributed by atoms with van der Waals surface area (Å²) in [5.41, 5.74) is 0.744. The number of anilines is 1. The molecular weight excluding hydrogens is 504 g/mol. The molecule has 0 saturated carbocycles. The van der Waals surface area contributed by atoms with Crippen LogP contribution in [0.25, 0.3) is 16.6 Å². The first-order valence-electron chi connectivity index (χ1n) is 11.2. The van der Waals surface area contributed by atoms with Gasteiger partial charge < -0.3 is 14.2 Å². The Morgan fingerprint density at radius 1 is 0.972 bits per heavy atom. The fourth-order valence-electron chi connectivity index (χ4n) is 4.36. The molecule has 0 N–H and O–H groups in total. The van der Waals surface area contributed by atoms with Gasteiger partial charge in [0.1, 0.15) is 5.82 Å². The van der Waals surface area contributed by atoms with Gasteiger partial charge in [-0.1, -0.05) is 35.0 Å². The lowest BCUT2D eigenvalue weighted by molar-refractivity contribution is 0.0714. The van der Waals surface area contributed by atoms with Crippen molar-refractivity contribution in [2.75, 3.05) is 31.1 Å². The zero-order chi connectivity index (χ0) is 24.9. The Balaban J connectivity index is 1.43. The van der Waals surface area contributed by atoms with Crippen molar-refractivity contribution in [3.8, 4) is 0 Å². The first kappa shape index (κ1) is 22.5. The van der Waals surface area contributed by atoms with Crippen LogP contribution in [0.3, 0.4) is 0 Å². The molecule has 5 aromatic rings. The first-order chi connectivity index (χ1) is 17.4. The number of benzene rings is 2. The molecule has 0 atom stereocenters. The zero-order valence-electron chi connectivity index (χ0n) is 18.8. The number of hydrogen-bond acceptors (Lipinski definition) is 8. The van der Waals surface area contributed by atoms with Crippen molar-refractivity contribution in [2.45, 2.75) is 9.92 Å². The van der Waals surface area contributed by atoms with Crippen LogP contribution < -0.4 is 4.90 Å². The highest BCUT2D eigenvalue weighted by Gasteiger charge is 2.30. The second-order valence-electron chi connectivity index (χ2n) is 8.30. The van der Waals surface area contributed by atoms with E-state index in [1.165, 1.54) is 22.9 Å². The van der Waals surface area contributed by atoms with Crippen molar-refractivity contribution >= 4 is 49.7 Å². The molecule has 12 heteroatoms. The predicted octanol–water partition coefficient (Wildman–Crippen LogP) is 3.32. The minimum atomic E-state index is -3.96. The van der Waals surface area contributed by atoms with Crippen molar-refractivity contribution in [1.82, 2.24) is 24.7 Å². The van der Waals surface area contributed by atoms with E-state index in [2.05, 4.69) is 10.3 Å². The van der Waals surface area contributed by atoms with Gasteiger partial charge in [0.2, 0.25) is 14.9 Å². The molecule has 182 valence electrons. The highest BCUT2D eigenvalue weighted by atomic mass is 35.5. The first-order valence-corrected chi connectivity index (χ1v) is 13.0. The van der Waals surface area contributed by atoms with Gasteiger partial charge in [-0.05, 0) is 42.5 Å². The van der Waals surface area contributed by atoms with Crippen LogP contribution in [0.5, 0.6) is 0 Å². The van der Waals surface area contributed by atoms with Crippen LogP contribution in [-0.4, -0.2) is 65.2 Å². The number of nitrogens with zero attached hydrogens (tertiary/aromatic N) is 6. The number of furan rings is 1. The molecular formula is C24H19ClN6O4S. The molecule has 0 spiro atoms. The van der Waals surface area contributed by atoms with Crippen LogP contribution in [-0.2, 0) is 9.84 Å². The summed E-state index contributed by atoms with van der Waals surface area (Å²) >= 11 is 6.31. The number of amides is 1. The molecule has 1 aliphatic rings. The second kappa shape index (κ2) is 8.61. The van der Waals surface area contributed by atoms with Crippen molar-refractivity contribution in [3.63, 3.8) is 0 Å². The smallest absolute Gasteiger partial charge is 0.289 e. The van der Waals surface area contributed by atoms with E-state index < -0.39 is 9.84 Å². The van der Waals surface area contributed by atoms with E-state index in [4.69, 9.17) is 21.0 Å². The lowest BCUT2D eigenvalue weighted by atomic mass is 10.2. The number of sulfone groups is 1. The zero-order valence-corrected chi connectivity index (χ0v) is 20.4. The molecule has 0 bridgehead atoms. The van der Waals surface area contributed by atoms with Gasteiger partial charge in [0.15, 0.2) is 11.4 Å². The quantitative estimate of drug-likeness (QED) is 0.353. The molecule has 4 heterocycles. The third kappa shape index (κ3) is 3.67. The summed E-state index contributed by atoms with van der Waals surface area (Å²) in [4.78, 5) is 21.3. The van der Waals surface area contributed by atoms with Crippen LogP contribution in [0.1, 0.15) is 10.6 Å². The molecule has 0 aliphatic carbocycles. The third-order valence-corrected chi connectivity index (χ3v) is 8.06. The van der Waals surface area contributed by atoms with E-state index in [1.54, 1.807) is 53.4 Å². The molecule has 1 aliphatic heterocycles. The maximum atomic E-state index is 13.4. The lowest BCUT2D eigenvalue weighted by Gasteiger charge is -2.35. The monoisotopic (exact) mass is 522 g/mol. The number of rotatable bonds is 4. The Kier molecular flexibility index (Phi) is 5.38. The van der Waals surface area contributed by atoms with Gasteiger partial charge in [0.25, 0.3) is 5.91 Å². The Morgan fingerprint density at radius 3 is 2.47 bits per heavy atom. The Morgan fingerprint density at radius 2 is 1.75 bits per heavy atom. The van der Waals surface area contributed by atoms with Crippen LogP contribution in [0.4, 0.5) is 5.82 Å². The number of fused-ring (bicyclic) bond motifs is 3. The maximum absolute atomic E-state index is 13.4. The van der Waals surface area contributed by atoms with Crippen molar-refractivity contribution in [3.05, 3.63) is 77.7 Å². The summed E-state index contributed by atoms with van der Waals surface area (Å²) < 4.78 is 33.4. The van der Waals surface area contributed by atoms with E-state index in [1.807, 2.05) is 4.90 Å². The molecule has 36 heavy (non-hydrogen) atoms. The van der Waals surface area contributed by atoms with E-state index in [0.717, 1.165) is 0 Å². The minimum absolute atomic E-state index is 0.108. The lowest BCUT2D eigenvalue weighted by Crippen LogP contribution is -2.49. The molecule has 3 aromatic heterocycles. The van der Waals surface area contributed by atoms with Gasteiger partial charge in [-0.15, -0.1) is 5.10 Å². The second-order valence-corrected chi connectivity index (χ2v) is 10.6. The van der Waals surface area contributed by atoms with E-state index in [9.17, 15) is 13.2 Å². The van der Waals surface area contributed by atoms with Gasteiger partial charge in [-0.3, -0.25) is 4.79 Å². The molecule has 1 amide bonds. The standard InChI is InChI=1S/C24H19ClN6O4S/c25-16-8-9-19-18(15-16)21(29-10-12-30(13-11-29)24(32)20-7-4-14-35-20)26-22-23(27-28-31(19)22)36(33,34)17-5-2-1-3-6-17/h1-9,14-15H,10-13H2. The summed E-state index contributed by atoms with van der Waals surface area (Å²) in [6.07, 6.45) is 1.47. The van der Waals surface area contributed by atoms with Crippen molar-refractivity contribution < 1.29 is 17.6 Å². The van der Waals surface area contributed by atoms with Gasteiger partial charge in [0.05, 0.1) is 16.7 Å². The normalized spacial score (nSPS) is 14.6. The summed E-state index contributed by atoms with van der Waals surface area (Å²) in [5.74, 6) is 0.672. The average Bonchev–Trinajstić information content (AvgIpc) is 3.59. The van der Waals surface area contributed by atoms with Crippen molar-refractivity contribution in [2.24, 2.45) is 0 Å². The maximum Gasteiger partial charge on any atom is 0.289 e.